The van der Waals surface area contributed by atoms with Gasteiger partial charge in [-0.15, -0.1) is 0 Å². The van der Waals surface area contributed by atoms with Crippen LogP contribution in [-0.2, 0) is 0 Å². The molecular formula is C5H6N2O2. The van der Waals surface area contributed by atoms with E-state index in [0.717, 1.165) is 0 Å². The topological polar surface area (TPSA) is 69.2 Å². The van der Waals surface area contributed by atoms with Crippen molar-refractivity contribution >= 4 is 0 Å². The minimum atomic E-state index is -0.420. The summed E-state index contributed by atoms with van der Waals surface area (Å²) in [7, 11) is 0. The van der Waals surface area contributed by atoms with E-state index < -0.39 is 4.92 Å². The van der Waals surface area contributed by atoms with Crippen LogP contribution in [0.1, 0.15) is 6.42 Å². The van der Waals surface area contributed by atoms with Crippen molar-refractivity contribution in [3.05, 3.63) is 33.7 Å². The highest BCUT2D eigenvalue weighted by molar-refractivity contribution is 5.24. The molecule has 2 N–H and O–H groups in total. The maximum atomic E-state index is 10.00. The minimum absolute atomic E-state index is 0.174. The smallest absolute Gasteiger partial charge is 0.252 e. The van der Waals surface area contributed by atoms with Crippen molar-refractivity contribution in [1.82, 2.24) is 0 Å². The summed E-state index contributed by atoms with van der Waals surface area (Å²) in [5, 5.41) is 10.00. The Hall–Kier alpha value is -1.32. The van der Waals surface area contributed by atoms with E-state index >= 15 is 0 Å². The zero-order valence-corrected chi connectivity index (χ0v) is 4.70. The molecule has 0 heterocycles. The lowest BCUT2D eigenvalue weighted by atomic mass is 10.3. The third kappa shape index (κ3) is 1.07. The van der Waals surface area contributed by atoms with Gasteiger partial charge >= 0.3 is 0 Å². The highest BCUT2D eigenvalue weighted by Gasteiger charge is 2.14. The summed E-state index contributed by atoms with van der Waals surface area (Å²) in [5.41, 5.74) is 6.00. The van der Waals surface area contributed by atoms with Gasteiger partial charge in [-0.1, -0.05) is 0 Å². The van der Waals surface area contributed by atoms with E-state index in [0.29, 0.717) is 5.70 Å². The van der Waals surface area contributed by atoms with Crippen molar-refractivity contribution in [3.8, 4) is 0 Å². The van der Waals surface area contributed by atoms with Crippen molar-refractivity contribution in [2.24, 2.45) is 5.73 Å². The molecule has 1 aliphatic carbocycles. The largest absolute Gasteiger partial charge is 0.402 e. The summed E-state index contributed by atoms with van der Waals surface area (Å²) in [6.07, 6.45) is 3.26. The Morgan fingerprint density at radius 1 is 1.67 bits per heavy atom. The normalized spacial score (nSPS) is 16.9. The van der Waals surface area contributed by atoms with Crippen LogP contribution in [0, 0.1) is 10.1 Å². The molecule has 0 spiro atoms. The summed E-state index contributed by atoms with van der Waals surface area (Å²) >= 11 is 0. The van der Waals surface area contributed by atoms with Crippen LogP contribution in [0.15, 0.2) is 23.5 Å². The molecule has 0 aromatic carbocycles. The van der Waals surface area contributed by atoms with Crippen LogP contribution in [0.5, 0.6) is 0 Å². The zero-order valence-electron chi connectivity index (χ0n) is 4.70. The van der Waals surface area contributed by atoms with Crippen LogP contribution in [0.3, 0.4) is 0 Å². The maximum Gasteiger partial charge on any atom is 0.252 e. The van der Waals surface area contributed by atoms with Gasteiger partial charge in [-0.2, -0.15) is 0 Å². The summed E-state index contributed by atoms with van der Waals surface area (Å²) in [6, 6.07) is 0. The highest BCUT2D eigenvalue weighted by Crippen LogP contribution is 2.13. The van der Waals surface area contributed by atoms with Gasteiger partial charge in [0.05, 0.1) is 11.3 Å². The predicted octanol–water partition coefficient (Wildman–Crippen LogP) is 0.393. The van der Waals surface area contributed by atoms with Crippen molar-refractivity contribution < 1.29 is 4.92 Å². The number of nitrogens with two attached hydrogens (primary N) is 1. The van der Waals surface area contributed by atoms with Gasteiger partial charge in [0.25, 0.3) is 5.70 Å². The lowest BCUT2D eigenvalue weighted by Gasteiger charge is -1.88. The lowest BCUT2D eigenvalue weighted by molar-refractivity contribution is -0.426. The molecule has 0 bridgehead atoms. The fourth-order valence-corrected chi connectivity index (χ4v) is 0.656. The third-order valence-electron chi connectivity index (χ3n) is 1.11. The van der Waals surface area contributed by atoms with E-state index in [1.165, 1.54) is 6.08 Å². The van der Waals surface area contributed by atoms with Gasteiger partial charge in [-0.05, 0) is 6.08 Å². The molecule has 4 nitrogen and oxygen atoms in total. The fraction of sp³-hybridized carbons (Fsp3) is 0.200. The van der Waals surface area contributed by atoms with Crippen molar-refractivity contribution in [2.75, 3.05) is 0 Å². The van der Waals surface area contributed by atoms with Gasteiger partial charge in [0.2, 0.25) is 0 Å². The zero-order chi connectivity index (χ0) is 6.85. The van der Waals surface area contributed by atoms with Gasteiger partial charge in [0, 0.05) is 11.8 Å². The summed E-state index contributed by atoms with van der Waals surface area (Å²) in [4.78, 5) is 9.58. The number of rotatable bonds is 1. The van der Waals surface area contributed by atoms with E-state index in [1.54, 1.807) is 6.08 Å². The minimum Gasteiger partial charge on any atom is -0.402 e. The molecule has 0 radical (unpaired) electrons. The first-order valence-corrected chi connectivity index (χ1v) is 2.50. The van der Waals surface area contributed by atoms with E-state index in [-0.39, 0.29) is 12.1 Å². The molecule has 48 valence electrons. The molecule has 0 saturated heterocycles. The Balaban J connectivity index is 2.64. The third-order valence-corrected chi connectivity index (χ3v) is 1.11. The highest BCUT2D eigenvalue weighted by atomic mass is 16.6. The van der Waals surface area contributed by atoms with Crippen LogP contribution in [-0.4, -0.2) is 4.92 Å². The number of hydrogen-bond acceptors (Lipinski definition) is 3. The van der Waals surface area contributed by atoms with Gasteiger partial charge in [0.1, 0.15) is 0 Å². The van der Waals surface area contributed by atoms with E-state index in [2.05, 4.69) is 0 Å². The first kappa shape index (κ1) is 5.81. The van der Waals surface area contributed by atoms with Crippen molar-refractivity contribution in [1.29, 1.82) is 0 Å². The quantitative estimate of drug-likeness (QED) is 0.408. The molecule has 9 heavy (non-hydrogen) atoms. The number of nitro groups is 1. The number of allylic oxidation sites excluding steroid dienone is 2. The average molecular weight is 126 g/mol. The van der Waals surface area contributed by atoms with Gasteiger partial charge in [0.15, 0.2) is 0 Å². The maximum absolute atomic E-state index is 10.00. The first-order valence-electron chi connectivity index (χ1n) is 2.50. The van der Waals surface area contributed by atoms with Crippen molar-refractivity contribution in [2.45, 2.75) is 6.42 Å². The summed E-state index contributed by atoms with van der Waals surface area (Å²) in [5.74, 6) is 0. The van der Waals surface area contributed by atoms with Crippen molar-refractivity contribution in [3.63, 3.8) is 0 Å². The second-order valence-corrected chi connectivity index (χ2v) is 1.83. The first-order chi connectivity index (χ1) is 4.20. The standard InChI is InChI=1S/C5H6N2O2/c6-4-1-2-5(3-4)7(8)9/h1-2H,3,6H2. The van der Waals surface area contributed by atoms with E-state index in [4.69, 9.17) is 5.73 Å². The number of hydrogen-bond donors (Lipinski definition) is 1. The van der Waals surface area contributed by atoms with Crippen LogP contribution in [0.25, 0.3) is 0 Å². The molecule has 0 unspecified atom stereocenters. The molecule has 0 aromatic heterocycles. The molecule has 4 heteroatoms. The number of nitrogens with zero attached hydrogens (tertiary/aromatic N) is 1. The predicted molar refractivity (Wildman–Crippen MR) is 32.0 cm³/mol. The molecule has 0 amide bonds. The SMILES string of the molecule is NC1=CC=C([N+](=O)[O-])C1. The Bertz CT molecular complexity index is 205. The molecular weight excluding hydrogens is 120 g/mol. The monoisotopic (exact) mass is 126 g/mol. The second-order valence-electron chi connectivity index (χ2n) is 1.83. The second kappa shape index (κ2) is 1.89. The summed E-state index contributed by atoms with van der Waals surface area (Å²) < 4.78 is 0. The summed E-state index contributed by atoms with van der Waals surface area (Å²) in [6.45, 7) is 0. The van der Waals surface area contributed by atoms with E-state index in [1.807, 2.05) is 0 Å². The van der Waals surface area contributed by atoms with Gasteiger partial charge in [-0.3, -0.25) is 10.1 Å². The Morgan fingerprint density at radius 3 is 2.56 bits per heavy atom. The Kier molecular flexibility index (Phi) is 1.22. The van der Waals surface area contributed by atoms with Crippen LogP contribution in [0.2, 0.25) is 0 Å². The van der Waals surface area contributed by atoms with E-state index in [9.17, 15) is 10.1 Å². The molecule has 0 saturated carbocycles. The molecule has 0 aliphatic heterocycles. The van der Waals surface area contributed by atoms with Crippen LogP contribution in [0.4, 0.5) is 0 Å². The molecule has 0 atom stereocenters. The molecule has 0 fully saturated rings. The Morgan fingerprint density at radius 2 is 2.33 bits per heavy atom. The Labute approximate surface area is 51.8 Å². The van der Waals surface area contributed by atoms with Crippen LogP contribution >= 0.6 is 0 Å². The molecule has 0 aromatic rings. The molecule has 1 rings (SSSR count). The van der Waals surface area contributed by atoms with Crippen LogP contribution < -0.4 is 5.73 Å². The van der Waals surface area contributed by atoms with Gasteiger partial charge < -0.3 is 5.73 Å². The fourth-order valence-electron chi connectivity index (χ4n) is 0.656. The lowest BCUT2D eigenvalue weighted by Crippen LogP contribution is -2.00. The average Bonchev–Trinajstić information content (AvgIpc) is 2.14. The van der Waals surface area contributed by atoms with Gasteiger partial charge in [-0.25, -0.2) is 0 Å². The molecule has 1 aliphatic rings.